The van der Waals surface area contributed by atoms with E-state index in [4.69, 9.17) is 0 Å². The smallest absolute Gasteiger partial charge is 0.312 e. The molecule has 2 N–H and O–H groups in total. The lowest BCUT2D eigenvalue weighted by Crippen LogP contribution is -2.37. The van der Waals surface area contributed by atoms with E-state index in [-0.39, 0.29) is 5.41 Å². The minimum absolute atomic E-state index is 0.166. The van der Waals surface area contributed by atoms with Crippen LogP contribution in [0.15, 0.2) is 30.3 Å². The average molecular weight is 263 g/mol. The van der Waals surface area contributed by atoms with Crippen LogP contribution in [0.1, 0.15) is 39.2 Å². The van der Waals surface area contributed by atoms with Crippen molar-refractivity contribution in [1.82, 2.24) is 5.32 Å². The van der Waals surface area contributed by atoms with Crippen molar-refractivity contribution in [2.45, 2.75) is 33.6 Å². The van der Waals surface area contributed by atoms with Crippen molar-refractivity contribution in [3.05, 3.63) is 35.9 Å². The fourth-order valence-corrected chi connectivity index (χ4v) is 1.78. The summed E-state index contributed by atoms with van der Waals surface area (Å²) >= 11 is 0. The quantitative estimate of drug-likeness (QED) is 0.794. The molecule has 1 unspecified atom stereocenters. The van der Waals surface area contributed by atoms with Gasteiger partial charge in [0, 0.05) is 13.1 Å². The summed E-state index contributed by atoms with van der Waals surface area (Å²) in [4.78, 5) is 11.3. The van der Waals surface area contributed by atoms with Crippen molar-refractivity contribution in [1.29, 1.82) is 0 Å². The van der Waals surface area contributed by atoms with Gasteiger partial charge in [0.25, 0.3) is 0 Å². The Kier molecular flexibility index (Phi) is 5.55. The molecular weight excluding hydrogens is 238 g/mol. The molecule has 1 atom stereocenters. The molecule has 0 aliphatic carbocycles. The van der Waals surface area contributed by atoms with Crippen LogP contribution in [0.5, 0.6) is 0 Å². The van der Waals surface area contributed by atoms with Crippen molar-refractivity contribution >= 4 is 5.97 Å². The molecule has 19 heavy (non-hydrogen) atoms. The third kappa shape index (κ3) is 4.67. The zero-order chi connectivity index (χ0) is 14.5. The molecule has 0 aromatic heterocycles. The van der Waals surface area contributed by atoms with E-state index in [1.54, 1.807) is 0 Å². The molecular formula is C16H25NO2. The van der Waals surface area contributed by atoms with E-state index in [9.17, 15) is 9.90 Å². The lowest BCUT2D eigenvalue weighted by atomic mass is 9.81. The standard InChI is InChI=1S/C16H25NO2/c1-12(2)16(3,4)11-17-10-14(15(18)19)13-8-6-5-7-9-13/h5-9,12,14,17H,10-11H2,1-4H3,(H,18,19). The number of aliphatic carboxylic acids is 1. The zero-order valence-corrected chi connectivity index (χ0v) is 12.3. The minimum atomic E-state index is -0.777. The van der Waals surface area contributed by atoms with Crippen molar-refractivity contribution < 1.29 is 9.90 Å². The molecule has 0 amide bonds. The first kappa shape index (κ1) is 15.7. The van der Waals surface area contributed by atoms with Crippen LogP contribution in [-0.2, 0) is 4.79 Å². The van der Waals surface area contributed by atoms with Crippen LogP contribution >= 0.6 is 0 Å². The number of nitrogens with one attached hydrogen (secondary N) is 1. The summed E-state index contributed by atoms with van der Waals surface area (Å²) in [5.41, 5.74) is 1.02. The van der Waals surface area contributed by atoms with Crippen molar-refractivity contribution in [2.24, 2.45) is 11.3 Å². The second-order valence-electron chi connectivity index (χ2n) is 6.08. The summed E-state index contributed by atoms with van der Waals surface area (Å²) in [5, 5.41) is 12.6. The van der Waals surface area contributed by atoms with Gasteiger partial charge in [-0.05, 0) is 16.9 Å². The number of carboxylic acid groups (broad SMARTS) is 1. The molecule has 0 bridgehead atoms. The molecule has 0 fully saturated rings. The third-order valence-corrected chi connectivity index (χ3v) is 3.99. The molecule has 1 rings (SSSR count). The van der Waals surface area contributed by atoms with Gasteiger partial charge in [-0.1, -0.05) is 58.0 Å². The van der Waals surface area contributed by atoms with E-state index in [0.717, 1.165) is 12.1 Å². The molecule has 106 valence electrons. The Labute approximate surface area is 116 Å². The van der Waals surface area contributed by atoms with Crippen LogP contribution in [0.2, 0.25) is 0 Å². The molecule has 0 aliphatic rings. The molecule has 1 aromatic carbocycles. The van der Waals surface area contributed by atoms with E-state index in [1.807, 2.05) is 30.3 Å². The first-order valence-corrected chi connectivity index (χ1v) is 6.83. The Morgan fingerprint density at radius 3 is 2.32 bits per heavy atom. The predicted molar refractivity (Wildman–Crippen MR) is 78.3 cm³/mol. The number of hydrogen-bond acceptors (Lipinski definition) is 2. The molecule has 0 radical (unpaired) electrons. The van der Waals surface area contributed by atoms with Gasteiger partial charge in [0.2, 0.25) is 0 Å². The fourth-order valence-electron chi connectivity index (χ4n) is 1.78. The second kappa shape index (κ2) is 6.71. The van der Waals surface area contributed by atoms with E-state index >= 15 is 0 Å². The van der Waals surface area contributed by atoms with E-state index in [0.29, 0.717) is 12.5 Å². The van der Waals surface area contributed by atoms with Gasteiger partial charge in [-0.25, -0.2) is 0 Å². The Morgan fingerprint density at radius 1 is 1.26 bits per heavy atom. The summed E-state index contributed by atoms with van der Waals surface area (Å²) in [6.45, 7) is 10.1. The lowest BCUT2D eigenvalue weighted by Gasteiger charge is -2.30. The molecule has 3 heteroatoms. The highest BCUT2D eigenvalue weighted by atomic mass is 16.4. The molecule has 0 spiro atoms. The molecule has 0 aliphatic heterocycles. The first-order chi connectivity index (χ1) is 8.84. The topological polar surface area (TPSA) is 49.3 Å². The Balaban J connectivity index is 2.60. The van der Waals surface area contributed by atoms with Gasteiger partial charge in [0.1, 0.15) is 0 Å². The second-order valence-corrected chi connectivity index (χ2v) is 6.08. The maximum absolute atomic E-state index is 11.3. The maximum Gasteiger partial charge on any atom is 0.312 e. The van der Waals surface area contributed by atoms with Gasteiger partial charge >= 0.3 is 5.97 Å². The largest absolute Gasteiger partial charge is 0.481 e. The van der Waals surface area contributed by atoms with Crippen LogP contribution in [0.25, 0.3) is 0 Å². The summed E-state index contributed by atoms with van der Waals surface area (Å²) < 4.78 is 0. The van der Waals surface area contributed by atoms with Crippen LogP contribution in [-0.4, -0.2) is 24.2 Å². The highest BCUT2D eigenvalue weighted by Crippen LogP contribution is 2.25. The molecule has 3 nitrogen and oxygen atoms in total. The van der Waals surface area contributed by atoms with E-state index in [1.165, 1.54) is 0 Å². The van der Waals surface area contributed by atoms with Gasteiger partial charge in [0.05, 0.1) is 5.92 Å². The summed E-state index contributed by atoms with van der Waals surface area (Å²) in [6, 6.07) is 9.40. The Bertz CT molecular complexity index is 398. The van der Waals surface area contributed by atoms with Crippen LogP contribution in [0.3, 0.4) is 0 Å². The third-order valence-electron chi connectivity index (χ3n) is 3.99. The van der Waals surface area contributed by atoms with Crippen molar-refractivity contribution in [3.63, 3.8) is 0 Å². The lowest BCUT2D eigenvalue weighted by molar-refractivity contribution is -0.138. The van der Waals surface area contributed by atoms with Crippen molar-refractivity contribution in [3.8, 4) is 0 Å². The van der Waals surface area contributed by atoms with Gasteiger partial charge in [0.15, 0.2) is 0 Å². The van der Waals surface area contributed by atoms with Gasteiger partial charge in [-0.2, -0.15) is 0 Å². The normalized spacial score (nSPS) is 13.5. The molecule has 1 aromatic rings. The number of carbonyl (C=O) groups is 1. The van der Waals surface area contributed by atoms with E-state index in [2.05, 4.69) is 33.0 Å². The highest BCUT2D eigenvalue weighted by molar-refractivity contribution is 5.76. The van der Waals surface area contributed by atoms with Crippen LogP contribution in [0, 0.1) is 11.3 Å². The molecule has 0 saturated heterocycles. The maximum atomic E-state index is 11.3. The molecule has 0 heterocycles. The fraction of sp³-hybridized carbons (Fsp3) is 0.562. The number of benzene rings is 1. The van der Waals surface area contributed by atoms with Crippen LogP contribution in [0.4, 0.5) is 0 Å². The number of hydrogen-bond donors (Lipinski definition) is 2. The minimum Gasteiger partial charge on any atom is -0.481 e. The Hall–Kier alpha value is -1.35. The average Bonchev–Trinajstić information content (AvgIpc) is 2.35. The molecule has 0 saturated carbocycles. The van der Waals surface area contributed by atoms with Gasteiger partial charge < -0.3 is 10.4 Å². The Morgan fingerprint density at radius 2 is 1.84 bits per heavy atom. The SMILES string of the molecule is CC(C)C(C)(C)CNCC(C(=O)O)c1ccccc1. The number of rotatable bonds is 7. The number of carboxylic acids is 1. The van der Waals surface area contributed by atoms with Gasteiger partial charge in [-0.15, -0.1) is 0 Å². The van der Waals surface area contributed by atoms with Crippen molar-refractivity contribution in [2.75, 3.05) is 13.1 Å². The van der Waals surface area contributed by atoms with Gasteiger partial charge in [-0.3, -0.25) is 4.79 Å². The summed E-state index contributed by atoms with van der Waals surface area (Å²) in [5.74, 6) is -0.704. The zero-order valence-electron chi connectivity index (χ0n) is 12.3. The van der Waals surface area contributed by atoms with E-state index < -0.39 is 11.9 Å². The highest BCUT2D eigenvalue weighted by Gasteiger charge is 2.24. The summed E-state index contributed by atoms with van der Waals surface area (Å²) in [7, 11) is 0. The first-order valence-electron chi connectivity index (χ1n) is 6.83. The monoisotopic (exact) mass is 263 g/mol. The summed E-state index contributed by atoms with van der Waals surface area (Å²) in [6.07, 6.45) is 0. The van der Waals surface area contributed by atoms with Crippen LogP contribution < -0.4 is 5.32 Å². The predicted octanol–water partition coefficient (Wildman–Crippen LogP) is 3.13.